The Morgan fingerprint density at radius 1 is 1.10 bits per heavy atom. The molecule has 4 aromatic rings. The van der Waals surface area contributed by atoms with Crippen LogP contribution in [0.25, 0.3) is 16.7 Å². The number of alkyl halides is 5. The van der Waals surface area contributed by atoms with E-state index in [0.717, 1.165) is 10.7 Å². The Kier molecular flexibility index (Phi) is 5.17. The second kappa shape index (κ2) is 7.82. The van der Waals surface area contributed by atoms with E-state index >= 15 is 0 Å². The second-order valence-electron chi connectivity index (χ2n) is 6.65. The summed E-state index contributed by atoms with van der Waals surface area (Å²) in [5.41, 5.74) is 1.08. The molecule has 0 fully saturated rings. The summed E-state index contributed by atoms with van der Waals surface area (Å²) in [4.78, 5) is 18.6. The third kappa shape index (κ3) is 4.39. The van der Waals surface area contributed by atoms with Crippen LogP contribution in [0.1, 0.15) is 33.9 Å². The van der Waals surface area contributed by atoms with E-state index in [9.17, 15) is 26.7 Å². The SMILES string of the molecule is O=C(NCc1ccc(-n2ccc(C(F)(F)F)n2)cc1)c1ccc2nc(C(F)F)[nH]c2c1. The average molecular weight is 435 g/mol. The molecule has 0 radical (unpaired) electrons. The van der Waals surface area contributed by atoms with Crippen molar-refractivity contribution in [1.82, 2.24) is 25.1 Å². The summed E-state index contributed by atoms with van der Waals surface area (Å²) >= 11 is 0. The van der Waals surface area contributed by atoms with Crippen molar-refractivity contribution in [3.05, 3.63) is 77.4 Å². The summed E-state index contributed by atoms with van der Waals surface area (Å²) < 4.78 is 64.6. The molecule has 4 rings (SSSR count). The molecule has 160 valence electrons. The smallest absolute Gasteiger partial charge is 0.348 e. The van der Waals surface area contributed by atoms with Gasteiger partial charge in [-0.1, -0.05) is 12.1 Å². The topological polar surface area (TPSA) is 75.6 Å². The number of hydrogen-bond acceptors (Lipinski definition) is 3. The van der Waals surface area contributed by atoms with Gasteiger partial charge in [0.2, 0.25) is 0 Å². The summed E-state index contributed by atoms with van der Waals surface area (Å²) in [6.45, 7) is 0.162. The number of benzene rings is 2. The maximum atomic E-state index is 12.7. The van der Waals surface area contributed by atoms with Crippen molar-refractivity contribution in [2.24, 2.45) is 0 Å². The zero-order chi connectivity index (χ0) is 22.2. The van der Waals surface area contributed by atoms with Gasteiger partial charge in [-0.05, 0) is 42.0 Å². The molecule has 0 atom stereocenters. The van der Waals surface area contributed by atoms with E-state index in [1.165, 1.54) is 24.4 Å². The van der Waals surface area contributed by atoms with Crippen LogP contribution < -0.4 is 5.32 Å². The Labute approximate surface area is 171 Å². The fourth-order valence-electron chi connectivity index (χ4n) is 2.94. The molecular weight excluding hydrogens is 421 g/mol. The Bertz CT molecular complexity index is 1230. The second-order valence-corrected chi connectivity index (χ2v) is 6.65. The number of imidazole rings is 1. The van der Waals surface area contributed by atoms with Gasteiger partial charge in [-0.15, -0.1) is 0 Å². The number of hydrogen-bond donors (Lipinski definition) is 2. The molecule has 2 N–H and O–H groups in total. The molecule has 11 heteroatoms. The fourth-order valence-corrected chi connectivity index (χ4v) is 2.94. The van der Waals surface area contributed by atoms with Gasteiger partial charge in [-0.25, -0.2) is 18.4 Å². The highest BCUT2D eigenvalue weighted by Crippen LogP contribution is 2.28. The molecular formula is C20H14F5N5O. The zero-order valence-electron chi connectivity index (χ0n) is 15.6. The number of carbonyl (C=O) groups is 1. The highest BCUT2D eigenvalue weighted by Gasteiger charge is 2.33. The van der Waals surface area contributed by atoms with E-state index in [4.69, 9.17) is 0 Å². The maximum Gasteiger partial charge on any atom is 0.435 e. The quantitative estimate of drug-likeness (QED) is 0.449. The van der Waals surface area contributed by atoms with Gasteiger partial charge < -0.3 is 10.3 Å². The normalized spacial score (nSPS) is 11.9. The molecule has 2 aromatic heterocycles. The van der Waals surface area contributed by atoms with Crippen LogP contribution in [0, 0.1) is 0 Å². The maximum absolute atomic E-state index is 12.7. The van der Waals surface area contributed by atoms with Crippen molar-refractivity contribution in [3.63, 3.8) is 0 Å². The molecule has 0 aliphatic rings. The first-order valence-corrected chi connectivity index (χ1v) is 8.99. The monoisotopic (exact) mass is 435 g/mol. The Balaban J connectivity index is 1.41. The molecule has 0 saturated carbocycles. The third-order valence-electron chi connectivity index (χ3n) is 4.50. The lowest BCUT2D eigenvalue weighted by atomic mass is 10.1. The van der Waals surface area contributed by atoms with Crippen molar-refractivity contribution in [2.75, 3.05) is 0 Å². The largest absolute Gasteiger partial charge is 0.435 e. The predicted octanol–water partition coefficient (Wildman–Crippen LogP) is 4.64. The number of amides is 1. The van der Waals surface area contributed by atoms with Crippen LogP contribution in [-0.4, -0.2) is 25.7 Å². The van der Waals surface area contributed by atoms with E-state index in [-0.39, 0.29) is 12.1 Å². The lowest BCUT2D eigenvalue weighted by Gasteiger charge is -2.07. The van der Waals surface area contributed by atoms with E-state index < -0.39 is 30.0 Å². The lowest BCUT2D eigenvalue weighted by Crippen LogP contribution is -2.22. The van der Waals surface area contributed by atoms with Gasteiger partial charge in [0.1, 0.15) is 0 Å². The number of nitrogens with zero attached hydrogens (tertiary/aromatic N) is 3. The Hall–Kier alpha value is -3.76. The third-order valence-corrected chi connectivity index (χ3v) is 4.50. The molecule has 0 bridgehead atoms. The van der Waals surface area contributed by atoms with Gasteiger partial charge in [0.05, 0.1) is 16.7 Å². The van der Waals surface area contributed by atoms with Gasteiger partial charge in [0, 0.05) is 18.3 Å². The number of carbonyl (C=O) groups excluding carboxylic acids is 1. The molecule has 0 spiro atoms. The fraction of sp³-hybridized carbons (Fsp3) is 0.150. The van der Waals surface area contributed by atoms with Crippen LogP contribution in [0.5, 0.6) is 0 Å². The number of aromatic amines is 1. The predicted molar refractivity (Wildman–Crippen MR) is 101 cm³/mol. The van der Waals surface area contributed by atoms with Gasteiger partial charge >= 0.3 is 6.18 Å². The van der Waals surface area contributed by atoms with Crippen LogP contribution in [-0.2, 0) is 12.7 Å². The van der Waals surface area contributed by atoms with Crippen molar-refractivity contribution < 1.29 is 26.7 Å². The summed E-state index contributed by atoms with van der Waals surface area (Å²) in [7, 11) is 0. The Morgan fingerprint density at radius 3 is 2.48 bits per heavy atom. The number of fused-ring (bicyclic) bond motifs is 1. The zero-order valence-corrected chi connectivity index (χ0v) is 15.6. The molecule has 0 aliphatic heterocycles. The molecule has 0 saturated heterocycles. The van der Waals surface area contributed by atoms with Crippen molar-refractivity contribution >= 4 is 16.9 Å². The minimum absolute atomic E-state index is 0.162. The summed E-state index contributed by atoms with van der Waals surface area (Å²) in [6.07, 6.45) is -6.05. The van der Waals surface area contributed by atoms with E-state index in [1.807, 2.05) is 0 Å². The van der Waals surface area contributed by atoms with Gasteiger partial charge in [-0.3, -0.25) is 4.79 Å². The molecule has 31 heavy (non-hydrogen) atoms. The molecule has 2 heterocycles. The van der Waals surface area contributed by atoms with Crippen LogP contribution in [0.3, 0.4) is 0 Å². The van der Waals surface area contributed by atoms with E-state index in [0.29, 0.717) is 22.3 Å². The van der Waals surface area contributed by atoms with Gasteiger partial charge in [-0.2, -0.15) is 18.3 Å². The minimum atomic E-state index is -4.52. The van der Waals surface area contributed by atoms with Crippen molar-refractivity contribution in [2.45, 2.75) is 19.1 Å². The van der Waals surface area contributed by atoms with Crippen LogP contribution in [0.15, 0.2) is 54.7 Å². The molecule has 2 aromatic carbocycles. The summed E-state index contributed by atoms with van der Waals surface area (Å²) in [5.74, 6) is -0.881. The Morgan fingerprint density at radius 2 is 1.84 bits per heavy atom. The standard InChI is InChI=1S/C20H14F5N5O/c21-17(22)18-27-14-6-3-12(9-15(14)28-18)19(31)26-10-11-1-4-13(5-2-11)30-8-7-16(29-30)20(23,24)25/h1-9,17H,10H2,(H,26,31)(H,27,28). The summed E-state index contributed by atoms with van der Waals surface area (Å²) in [6, 6.07) is 11.7. The highest BCUT2D eigenvalue weighted by atomic mass is 19.4. The molecule has 0 unspecified atom stereocenters. The lowest BCUT2D eigenvalue weighted by molar-refractivity contribution is -0.141. The first-order chi connectivity index (χ1) is 14.7. The molecule has 1 amide bonds. The average Bonchev–Trinajstić information content (AvgIpc) is 3.39. The first-order valence-electron chi connectivity index (χ1n) is 8.99. The van der Waals surface area contributed by atoms with E-state index in [1.54, 1.807) is 24.3 Å². The number of aromatic nitrogens is 4. The van der Waals surface area contributed by atoms with Crippen molar-refractivity contribution in [3.8, 4) is 5.69 Å². The minimum Gasteiger partial charge on any atom is -0.348 e. The van der Waals surface area contributed by atoms with Crippen LogP contribution in [0.4, 0.5) is 22.0 Å². The molecule has 0 aliphatic carbocycles. The first kappa shape index (κ1) is 20.5. The van der Waals surface area contributed by atoms with Crippen LogP contribution >= 0.6 is 0 Å². The number of rotatable bonds is 5. The van der Waals surface area contributed by atoms with Gasteiger partial charge in [0.15, 0.2) is 11.5 Å². The number of nitrogens with one attached hydrogen (secondary N) is 2. The van der Waals surface area contributed by atoms with Gasteiger partial charge in [0.25, 0.3) is 12.3 Å². The number of H-pyrrole nitrogens is 1. The van der Waals surface area contributed by atoms with Crippen LogP contribution in [0.2, 0.25) is 0 Å². The molecule has 6 nitrogen and oxygen atoms in total. The summed E-state index contributed by atoms with van der Waals surface area (Å²) in [5, 5.41) is 6.20. The number of halogens is 5. The van der Waals surface area contributed by atoms with Crippen molar-refractivity contribution in [1.29, 1.82) is 0 Å². The van der Waals surface area contributed by atoms with E-state index in [2.05, 4.69) is 20.4 Å². The highest BCUT2D eigenvalue weighted by molar-refractivity contribution is 5.97.